The maximum atomic E-state index is 10.3. The summed E-state index contributed by atoms with van der Waals surface area (Å²) in [4.78, 5) is 3.69. The van der Waals surface area contributed by atoms with Gasteiger partial charge >= 0.3 is 0 Å². The number of aliphatic hydroxyl groups is 1. The molecule has 92 valence electrons. The van der Waals surface area contributed by atoms with Crippen molar-refractivity contribution >= 4 is 11.3 Å². The van der Waals surface area contributed by atoms with E-state index in [-0.39, 0.29) is 0 Å². The monoisotopic (exact) mass is 241 g/mol. The third-order valence-corrected chi connectivity index (χ3v) is 4.10. The molecule has 0 bridgehead atoms. The first-order valence-electron chi connectivity index (χ1n) is 6.10. The molecule has 0 aliphatic rings. The highest BCUT2D eigenvalue weighted by Crippen LogP contribution is 2.19. The van der Waals surface area contributed by atoms with Gasteiger partial charge in [-0.15, -0.1) is 11.3 Å². The number of hydrogen-bond donors (Lipinski definition) is 1. The van der Waals surface area contributed by atoms with Crippen molar-refractivity contribution in [3.05, 3.63) is 22.4 Å². The van der Waals surface area contributed by atoms with Gasteiger partial charge in [-0.05, 0) is 30.8 Å². The lowest BCUT2D eigenvalue weighted by atomic mass is 9.97. The van der Waals surface area contributed by atoms with Crippen molar-refractivity contribution < 1.29 is 5.11 Å². The van der Waals surface area contributed by atoms with Gasteiger partial charge in [0.2, 0.25) is 0 Å². The van der Waals surface area contributed by atoms with Crippen LogP contribution in [0.4, 0.5) is 0 Å². The first kappa shape index (κ1) is 13.7. The summed E-state index contributed by atoms with van der Waals surface area (Å²) in [6.07, 6.45) is 1.65. The molecule has 16 heavy (non-hydrogen) atoms. The lowest BCUT2D eigenvalue weighted by Crippen LogP contribution is -2.41. The van der Waals surface area contributed by atoms with E-state index in [1.807, 2.05) is 0 Å². The fourth-order valence-corrected chi connectivity index (χ4v) is 2.54. The molecule has 0 aliphatic carbocycles. The molecule has 0 aromatic carbocycles. The Kier molecular flexibility index (Phi) is 5.46. The molecule has 2 nitrogen and oxygen atoms in total. The summed E-state index contributed by atoms with van der Waals surface area (Å²) < 4.78 is 0. The van der Waals surface area contributed by atoms with Crippen molar-refractivity contribution in [3.8, 4) is 0 Å². The van der Waals surface area contributed by atoms with Crippen molar-refractivity contribution in [1.29, 1.82) is 0 Å². The standard InChI is InChI=1S/C13H23NOS/c1-4-13(15,5-2)11-14(6-3)10-12-8-7-9-16-12/h7-9,15H,4-6,10-11H2,1-3H3. The smallest absolute Gasteiger partial charge is 0.0769 e. The van der Waals surface area contributed by atoms with Crippen LogP contribution in [0.2, 0.25) is 0 Å². The fourth-order valence-electron chi connectivity index (χ4n) is 1.79. The molecule has 3 heteroatoms. The van der Waals surface area contributed by atoms with Crippen LogP contribution >= 0.6 is 11.3 Å². The van der Waals surface area contributed by atoms with Crippen molar-refractivity contribution in [2.75, 3.05) is 13.1 Å². The van der Waals surface area contributed by atoms with Gasteiger partial charge in [0.1, 0.15) is 0 Å². The quantitative estimate of drug-likeness (QED) is 0.793. The number of hydrogen-bond acceptors (Lipinski definition) is 3. The predicted molar refractivity (Wildman–Crippen MR) is 70.8 cm³/mol. The second-order valence-electron chi connectivity index (χ2n) is 4.31. The van der Waals surface area contributed by atoms with E-state index in [4.69, 9.17) is 0 Å². The highest BCUT2D eigenvalue weighted by molar-refractivity contribution is 7.09. The molecule has 0 atom stereocenters. The molecule has 1 aromatic rings. The zero-order valence-electron chi connectivity index (χ0n) is 10.6. The second kappa shape index (κ2) is 6.38. The Morgan fingerprint density at radius 2 is 2.00 bits per heavy atom. The van der Waals surface area contributed by atoms with Gasteiger partial charge in [-0.25, -0.2) is 0 Å². The molecule has 0 unspecified atom stereocenters. The lowest BCUT2D eigenvalue weighted by Gasteiger charge is -2.32. The van der Waals surface area contributed by atoms with Gasteiger partial charge in [-0.3, -0.25) is 4.90 Å². The first-order valence-corrected chi connectivity index (χ1v) is 6.98. The van der Waals surface area contributed by atoms with Gasteiger partial charge in [0, 0.05) is 18.0 Å². The van der Waals surface area contributed by atoms with Crippen molar-refractivity contribution in [1.82, 2.24) is 4.90 Å². The molecule has 0 amide bonds. The molecule has 1 heterocycles. The highest BCUT2D eigenvalue weighted by Gasteiger charge is 2.24. The van der Waals surface area contributed by atoms with Gasteiger partial charge in [-0.2, -0.15) is 0 Å². The first-order chi connectivity index (χ1) is 7.63. The third-order valence-electron chi connectivity index (χ3n) is 3.24. The summed E-state index contributed by atoms with van der Waals surface area (Å²) in [6, 6.07) is 4.24. The summed E-state index contributed by atoms with van der Waals surface area (Å²) in [6.45, 7) is 8.98. The SMILES string of the molecule is CCN(Cc1cccs1)CC(O)(CC)CC. The number of nitrogens with zero attached hydrogens (tertiary/aromatic N) is 1. The summed E-state index contributed by atoms with van der Waals surface area (Å²) in [7, 11) is 0. The average Bonchev–Trinajstić information content (AvgIpc) is 2.80. The molecule has 0 spiro atoms. The topological polar surface area (TPSA) is 23.5 Å². The lowest BCUT2D eigenvalue weighted by molar-refractivity contribution is -0.00399. The van der Waals surface area contributed by atoms with Gasteiger partial charge < -0.3 is 5.11 Å². The molecule has 0 fully saturated rings. The average molecular weight is 241 g/mol. The van der Waals surface area contributed by atoms with E-state index < -0.39 is 5.60 Å². The van der Waals surface area contributed by atoms with Crippen molar-refractivity contribution in [2.24, 2.45) is 0 Å². The van der Waals surface area contributed by atoms with Crippen LogP contribution in [0.5, 0.6) is 0 Å². The molecule has 0 radical (unpaired) electrons. The Balaban J connectivity index is 2.55. The summed E-state index contributed by atoms with van der Waals surface area (Å²) in [5, 5.41) is 12.4. The molecule has 0 saturated carbocycles. The van der Waals surface area contributed by atoms with Crippen LogP contribution in [0, 0.1) is 0 Å². The van der Waals surface area contributed by atoms with Crippen LogP contribution < -0.4 is 0 Å². The van der Waals surface area contributed by atoms with E-state index in [9.17, 15) is 5.11 Å². The van der Waals surface area contributed by atoms with Crippen LogP contribution in [-0.4, -0.2) is 28.7 Å². The molecule has 1 rings (SSSR count). The van der Waals surface area contributed by atoms with E-state index in [1.54, 1.807) is 11.3 Å². The minimum Gasteiger partial charge on any atom is -0.389 e. The van der Waals surface area contributed by atoms with E-state index in [0.717, 1.165) is 32.5 Å². The van der Waals surface area contributed by atoms with Crippen LogP contribution in [0.15, 0.2) is 17.5 Å². The van der Waals surface area contributed by atoms with Gasteiger partial charge in [0.05, 0.1) is 5.60 Å². The number of rotatable bonds is 7. The fraction of sp³-hybridized carbons (Fsp3) is 0.692. The molecule has 0 saturated heterocycles. The van der Waals surface area contributed by atoms with Crippen molar-refractivity contribution in [2.45, 2.75) is 45.8 Å². The molecular formula is C13H23NOS. The minimum atomic E-state index is -0.521. The largest absolute Gasteiger partial charge is 0.389 e. The van der Waals surface area contributed by atoms with Crippen LogP contribution in [0.3, 0.4) is 0 Å². The maximum Gasteiger partial charge on any atom is 0.0769 e. The van der Waals surface area contributed by atoms with Crippen LogP contribution in [0.1, 0.15) is 38.5 Å². The predicted octanol–water partition coefficient (Wildman–Crippen LogP) is 3.12. The molecule has 0 aliphatic heterocycles. The highest BCUT2D eigenvalue weighted by atomic mass is 32.1. The molecule has 1 aromatic heterocycles. The second-order valence-corrected chi connectivity index (χ2v) is 5.35. The van der Waals surface area contributed by atoms with E-state index in [1.165, 1.54) is 4.88 Å². The zero-order valence-corrected chi connectivity index (χ0v) is 11.4. The van der Waals surface area contributed by atoms with Crippen LogP contribution in [0.25, 0.3) is 0 Å². The number of likely N-dealkylation sites (N-methyl/N-ethyl adjacent to an activating group) is 1. The Morgan fingerprint density at radius 1 is 1.31 bits per heavy atom. The minimum absolute atomic E-state index is 0.521. The summed E-state index contributed by atoms with van der Waals surface area (Å²) in [5.74, 6) is 0. The van der Waals surface area contributed by atoms with E-state index in [2.05, 4.69) is 43.2 Å². The summed E-state index contributed by atoms with van der Waals surface area (Å²) >= 11 is 1.78. The zero-order chi connectivity index (χ0) is 12.0. The Labute approximate surface area is 103 Å². The number of thiophene rings is 1. The van der Waals surface area contributed by atoms with Gasteiger partial charge in [0.25, 0.3) is 0 Å². The van der Waals surface area contributed by atoms with Crippen molar-refractivity contribution in [3.63, 3.8) is 0 Å². The Bertz CT molecular complexity index is 280. The van der Waals surface area contributed by atoms with E-state index >= 15 is 0 Å². The molecule has 1 N–H and O–H groups in total. The van der Waals surface area contributed by atoms with Gasteiger partial charge in [0.15, 0.2) is 0 Å². The van der Waals surface area contributed by atoms with Gasteiger partial charge in [-0.1, -0.05) is 26.8 Å². The maximum absolute atomic E-state index is 10.3. The third kappa shape index (κ3) is 3.89. The summed E-state index contributed by atoms with van der Waals surface area (Å²) in [5.41, 5.74) is -0.521. The van der Waals surface area contributed by atoms with E-state index in [0.29, 0.717) is 0 Å². The van der Waals surface area contributed by atoms with Crippen LogP contribution in [-0.2, 0) is 6.54 Å². The normalized spacial score (nSPS) is 12.3. The Morgan fingerprint density at radius 3 is 2.44 bits per heavy atom. The molecular weight excluding hydrogens is 218 g/mol. The Hall–Kier alpha value is -0.380.